The first-order valence-electron chi connectivity index (χ1n) is 9.56. The largest absolute Gasteiger partial charge is 0.418 e. The van der Waals surface area contributed by atoms with Gasteiger partial charge in [0.15, 0.2) is 0 Å². The highest BCUT2D eigenvalue weighted by molar-refractivity contribution is 7.80. The molecule has 3 fully saturated rings. The summed E-state index contributed by atoms with van der Waals surface area (Å²) in [5.74, 6) is -0.116. The lowest BCUT2D eigenvalue weighted by molar-refractivity contribution is -0.139. The summed E-state index contributed by atoms with van der Waals surface area (Å²) in [5.41, 5.74) is 2.38. The van der Waals surface area contributed by atoms with Gasteiger partial charge in [0.05, 0.1) is 18.8 Å². The Morgan fingerprint density at radius 1 is 1.40 bits per heavy atom. The number of piperidine rings is 1. The van der Waals surface area contributed by atoms with E-state index in [1.807, 2.05) is 0 Å². The van der Waals surface area contributed by atoms with Crippen molar-refractivity contribution in [2.75, 3.05) is 19.7 Å². The van der Waals surface area contributed by atoms with Crippen molar-refractivity contribution in [3.05, 3.63) is 12.4 Å². The van der Waals surface area contributed by atoms with Gasteiger partial charge in [-0.1, -0.05) is 5.21 Å². The number of fused-ring (bicyclic) bond motifs is 2. The molecule has 0 radical (unpaired) electrons. The lowest BCUT2D eigenvalue weighted by Gasteiger charge is -2.29. The maximum atomic E-state index is 12.5. The first-order chi connectivity index (χ1) is 14.3. The van der Waals surface area contributed by atoms with Gasteiger partial charge in [-0.15, -0.1) is 9.38 Å². The summed E-state index contributed by atoms with van der Waals surface area (Å²) in [7, 11) is -4.82. The third-order valence-corrected chi connectivity index (χ3v) is 5.84. The van der Waals surface area contributed by atoms with Gasteiger partial charge < -0.3 is 10.2 Å². The molecular formula is C15H23N7O7S. The predicted octanol–water partition coefficient (Wildman–Crippen LogP) is -1.69. The molecule has 0 spiro atoms. The van der Waals surface area contributed by atoms with Crippen molar-refractivity contribution in [2.45, 2.75) is 43.9 Å². The van der Waals surface area contributed by atoms with Crippen LogP contribution in [0.25, 0.3) is 0 Å². The molecule has 166 valence electrons. The maximum Gasteiger partial charge on any atom is 0.418 e. The van der Waals surface area contributed by atoms with Crippen LogP contribution in [0.1, 0.15) is 19.3 Å². The summed E-state index contributed by atoms with van der Waals surface area (Å²) in [5, 5.41) is 11.7. The van der Waals surface area contributed by atoms with E-state index in [-0.39, 0.29) is 19.2 Å². The second-order valence-electron chi connectivity index (χ2n) is 7.62. The molecule has 3 saturated heterocycles. The number of rotatable bonds is 8. The van der Waals surface area contributed by atoms with Crippen molar-refractivity contribution < 1.29 is 31.7 Å². The second kappa shape index (κ2) is 8.43. The smallest absolute Gasteiger partial charge is 0.311 e. The molecule has 14 nitrogen and oxygen atoms in total. The van der Waals surface area contributed by atoms with Crippen molar-refractivity contribution in [3.8, 4) is 0 Å². The highest BCUT2D eigenvalue weighted by Gasteiger charge is 2.49. The number of hydrogen-bond acceptors (Lipinski definition) is 9. The zero-order valence-corrected chi connectivity index (χ0v) is 16.8. The summed E-state index contributed by atoms with van der Waals surface area (Å²) < 4.78 is 36.8. The zero-order valence-electron chi connectivity index (χ0n) is 16.0. The summed E-state index contributed by atoms with van der Waals surface area (Å²) in [6.45, 7) is 1.94. The average molecular weight is 445 g/mol. The Kier molecular flexibility index (Phi) is 5.88. The molecule has 4 rings (SSSR count). The fourth-order valence-corrected chi connectivity index (χ4v) is 4.54. The topological polar surface area (TPSA) is 168 Å². The maximum absolute atomic E-state index is 12.5. The second-order valence-corrected chi connectivity index (χ2v) is 8.62. The van der Waals surface area contributed by atoms with Crippen LogP contribution >= 0.6 is 0 Å². The van der Waals surface area contributed by atoms with Crippen LogP contribution in [0.5, 0.6) is 0 Å². The minimum atomic E-state index is -4.82. The molecule has 0 unspecified atom stereocenters. The van der Waals surface area contributed by atoms with E-state index in [9.17, 15) is 18.0 Å². The van der Waals surface area contributed by atoms with Crippen LogP contribution in [-0.4, -0.2) is 87.7 Å². The molecule has 4 atom stereocenters. The van der Waals surface area contributed by atoms with E-state index in [1.54, 1.807) is 17.1 Å². The standard InChI is InChI=1S/C15H23N7O7S/c23-14(13-2-1-12-8-21(13)15(24)22(12)29-30(25,26)27)18-28-9-11-5-10(6-16-11)7-20-4-3-17-19-20/h3-4,10-13,16H,1-2,5-9H2,(H,18,23)(H,25,26,27)/t10-,11+,12-,13+/m1/s1. The molecule has 1 aromatic rings. The fraction of sp³-hybridized carbons (Fsp3) is 0.733. The fourth-order valence-electron chi connectivity index (χ4n) is 4.15. The summed E-state index contributed by atoms with van der Waals surface area (Å²) in [6.07, 6.45) is 4.96. The Balaban J connectivity index is 1.22. The van der Waals surface area contributed by atoms with Gasteiger partial charge in [-0.3, -0.25) is 18.9 Å². The Labute approximate surface area is 172 Å². The predicted molar refractivity (Wildman–Crippen MR) is 97.4 cm³/mol. The lowest BCUT2D eigenvalue weighted by atomic mass is 10.0. The molecule has 3 aliphatic heterocycles. The van der Waals surface area contributed by atoms with E-state index in [0.29, 0.717) is 23.8 Å². The summed E-state index contributed by atoms with van der Waals surface area (Å²) >= 11 is 0. The Bertz CT molecular complexity index is 880. The van der Waals surface area contributed by atoms with Gasteiger partial charge in [-0.25, -0.2) is 10.3 Å². The summed E-state index contributed by atoms with van der Waals surface area (Å²) in [6, 6.07) is -2.07. The molecule has 0 aromatic carbocycles. The molecule has 2 bridgehead atoms. The molecule has 1 aromatic heterocycles. The van der Waals surface area contributed by atoms with Gasteiger partial charge in [-0.05, 0) is 25.2 Å². The van der Waals surface area contributed by atoms with Gasteiger partial charge in [0.1, 0.15) is 6.04 Å². The molecule has 3 amide bonds. The first kappa shape index (κ1) is 20.9. The van der Waals surface area contributed by atoms with Gasteiger partial charge >= 0.3 is 16.4 Å². The normalized spacial score (nSPS) is 28.9. The minimum absolute atomic E-state index is 0.0710. The number of amides is 3. The molecular weight excluding hydrogens is 422 g/mol. The van der Waals surface area contributed by atoms with E-state index in [2.05, 4.69) is 25.4 Å². The monoisotopic (exact) mass is 445 g/mol. The Morgan fingerprint density at radius 2 is 2.23 bits per heavy atom. The van der Waals surface area contributed by atoms with Crippen molar-refractivity contribution in [1.82, 2.24) is 35.8 Å². The summed E-state index contributed by atoms with van der Waals surface area (Å²) in [4.78, 5) is 31.4. The highest BCUT2D eigenvalue weighted by Crippen LogP contribution is 2.30. The van der Waals surface area contributed by atoms with E-state index < -0.39 is 34.4 Å². The molecule has 3 aliphatic rings. The van der Waals surface area contributed by atoms with Crippen LogP contribution in [0.3, 0.4) is 0 Å². The van der Waals surface area contributed by atoms with Crippen LogP contribution in [0.15, 0.2) is 12.4 Å². The third-order valence-electron chi connectivity index (χ3n) is 5.49. The van der Waals surface area contributed by atoms with E-state index in [1.165, 1.54) is 4.90 Å². The Hall–Kier alpha value is -2.33. The molecule has 4 heterocycles. The SMILES string of the molecule is O=C(NOC[C@@H]1C[C@@H](Cn2ccnn2)CN1)[C@@H]1CC[C@@H]2CN1C(=O)N2OS(=O)(=O)O. The molecule has 0 saturated carbocycles. The van der Waals surface area contributed by atoms with Crippen LogP contribution in [-0.2, 0) is 30.9 Å². The number of carbonyl (C=O) groups excluding carboxylic acids is 2. The van der Waals surface area contributed by atoms with Gasteiger partial charge in [0.2, 0.25) is 0 Å². The first-order valence-corrected chi connectivity index (χ1v) is 10.9. The minimum Gasteiger partial charge on any atom is -0.311 e. The van der Waals surface area contributed by atoms with E-state index >= 15 is 0 Å². The van der Waals surface area contributed by atoms with Crippen LogP contribution in [0, 0.1) is 5.92 Å². The zero-order chi connectivity index (χ0) is 21.3. The van der Waals surface area contributed by atoms with Crippen LogP contribution in [0.2, 0.25) is 0 Å². The number of nitrogens with one attached hydrogen (secondary N) is 2. The molecule has 30 heavy (non-hydrogen) atoms. The quantitative estimate of drug-likeness (QED) is 0.310. The highest BCUT2D eigenvalue weighted by atomic mass is 32.3. The van der Waals surface area contributed by atoms with Crippen molar-refractivity contribution in [1.29, 1.82) is 0 Å². The van der Waals surface area contributed by atoms with Gasteiger partial charge in [-0.2, -0.15) is 13.5 Å². The number of carbonyl (C=O) groups is 2. The van der Waals surface area contributed by atoms with E-state index in [4.69, 9.17) is 9.39 Å². The number of aromatic nitrogens is 3. The van der Waals surface area contributed by atoms with Crippen molar-refractivity contribution >= 4 is 22.3 Å². The van der Waals surface area contributed by atoms with Gasteiger partial charge in [0.25, 0.3) is 5.91 Å². The van der Waals surface area contributed by atoms with E-state index in [0.717, 1.165) is 19.5 Å². The van der Waals surface area contributed by atoms with Crippen LogP contribution < -0.4 is 10.8 Å². The average Bonchev–Trinajstić information content (AvgIpc) is 3.40. The number of hydroxylamine groups is 3. The van der Waals surface area contributed by atoms with Gasteiger partial charge in [0, 0.05) is 31.9 Å². The third kappa shape index (κ3) is 4.70. The molecule has 3 N–H and O–H groups in total. The lowest BCUT2D eigenvalue weighted by Crippen LogP contribution is -2.50. The van der Waals surface area contributed by atoms with Crippen LogP contribution in [0.4, 0.5) is 4.79 Å². The van der Waals surface area contributed by atoms with Crippen molar-refractivity contribution in [3.63, 3.8) is 0 Å². The molecule has 15 heteroatoms. The number of hydrogen-bond donors (Lipinski definition) is 3. The van der Waals surface area contributed by atoms with Crippen molar-refractivity contribution in [2.24, 2.45) is 5.92 Å². The number of urea groups is 1. The molecule has 0 aliphatic carbocycles. The number of nitrogens with zero attached hydrogens (tertiary/aromatic N) is 5. The Morgan fingerprint density at radius 3 is 2.97 bits per heavy atom.